The summed E-state index contributed by atoms with van der Waals surface area (Å²) in [4.78, 5) is 42.3. The number of benzene rings is 1. The van der Waals surface area contributed by atoms with Crippen LogP contribution in [-0.4, -0.2) is 34.0 Å². The number of fused-ring (bicyclic) bond motifs is 2. The molecular weight excluding hydrogens is 354 g/mol. The van der Waals surface area contributed by atoms with E-state index in [-0.39, 0.29) is 17.1 Å². The number of amides is 2. The van der Waals surface area contributed by atoms with Crippen molar-refractivity contribution < 1.29 is 14.4 Å². The second-order valence-corrected chi connectivity index (χ2v) is 8.74. The molecule has 3 N–H and O–H groups in total. The van der Waals surface area contributed by atoms with Crippen molar-refractivity contribution in [1.82, 2.24) is 9.88 Å². The quantitative estimate of drug-likeness (QED) is 0.840. The van der Waals surface area contributed by atoms with E-state index in [1.807, 2.05) is 13.0 Å². The number of aromatic amines is 1. The third-order valence-electron chi connectivity index (χ3n) is 5.91. The molecule has 0 fully saturated rings. The summed E-state index contributed by atoms with van der Waals surface area (Å²) in [7, 11) is 0. The lowest BCUT2D eigenvalue weighted by atomic mass is 9.75. The normalized spacial score (nSPS) is 17.8. The van der Waals surface area contributed by atoms with Crippen molar-refractivity contribution in [2.24, 2.45) is 11.1 Å². The number of nitrogens with one attached hydrogen (secondary N) is 1. The zero-order valence-electron chi connectivity index (χ0n) is 16.5. The van der Waals surface area contributed by atoms with Gasteiger partial charge < -0.3 is 15.6 Å². The van der Waals surface area contributed by atoms with Gasteiger partial charge in [0, 0.05) is 36.3 Å². The minimum absolute atomic E-state index is 0.100. The lowest BCUT2D eigenvalue weighted by Crippen LogP contribution is -2.36. The van der Waals surface area contributed by atoms with Gasteiger partial charge in [0.2, 0.25) is 5.91 Å². The summed E-state index contributed by atoms with van der Waals surface area (Å²) >= 11 is 0. The highest BCUT2D eigenvalue weighted by Crippen LogP contribution is 2.37. The predicted octanol–water partition coefficient (Wildman–Crippen LogP) is 2.78. The molecule has 6 heteroatoms. The molecule has 1 aliphatic heterocycles. The topological polar surface area (TPSA) is 96.3 Å². The third-order valence-corrected chi connectivity index (χ3v) is 5.91. The lowest BCUT2D eigenvalue weighted by molar-refractivity contribution is 0.0728. The van der Waals surface area contributed by atoms with Gasteiger partial charge in [-0.15, -0.1) is 0 Å². The number of primary amides is 1. The van der Waals surface area contributed by atoms with Gasteiger partial charge in [-0.25, -0.2) is 0 Å². The Kier molecular flexibility index (Phi) is 4.17. The van der Waals surface area contributed by atoms with Crippen LogP contribution in [0.1, 0.15) is 73.9 Å². The van der Waals surface area contributed by atoms with Gasteiger partial charge in [-0.1, -0.05) is 19.9 Å². The van der Waals surface area contributed by atoms with Gasteiger partial charge >= 0.3 is 0 Å². The zero-order chi connectivity index (χ0) is 20.2. The SMILES string of the molecule is Cc1c(C(=O)N2CCc3ccc(C(N)=O)cc3C2)[nH]c2c1C(=O)CC(C)(C)C2. The molecule has 4 rings (SSSR count). The number of aromatic nitrogens is 1. The highest BCUT2D eigenvalue weighted by atomic mass is 16.2. The summed E-state index contributed by atoms with van der Waals surface area (Å²) in [5, 5.41) is 0. The summed E-state index contributed by atoms with van der Waals surface area (Å²) in [6, 6.07) is 5.42. The standard InChI is InChI=1S/C22H25N3O3/c1-12-18-16(9-22(2,3)10-17(18)26)24-19(12)21(28)25-7-6-13-4-5-14(20(23)27)8-15(13)11-25/h4-5,8,24H,6-7,9-11H2,1-3H3,(H2,23,27). The smallest absolute Gasteiger partial charge is 0.270 e. The summed E-state index contributed by atoms with van der Waals surface area (Å²) in [6.45, 7) is 7.02. The van der Waals surface area contributed by atoms with E-state index >= 15 is 0 Å². The molecule has 6 nitrogen and oxygen atoms in total. The van der Waals surface area contributed by atoms with Crippen LogP contribution in [0, 0.1) is 12.3 Å². The number of carbonyl (C=O) groups is 3. The summed E-state index contributed by atoms with van der Waals surface area (Å²) in [5.41, 5.74) is 10.6. The molecule has 0 radical (unpaired) electrons. The molecule has 2 aromatic rings. The number of H-pyrrole nitrogens is 1. The second kappa shape index (κ2) is 6.33. The fraction of sp³-hybridized carbons (Fsp3) is 0.409. The van der Waals surface area contributed by atoms with Crippen LogP contribution in [0.4, 0.5) is 0 Å². The molecule has 1 aromatic carbocycles. The van der Waals surface area contributed by atoms with Crippen molar-refractivity contribution in [2.45, 2.75) is 46.6 Å². The van der Waals surface area contributed by atoms with Gasteiger partial charge in [-0.05, 0) is 54.0 Å². The number of nitrogens with two attached hydrogens (primary N) is 1. The Morgan fingerprint density at radius 3 is 2.64 bits per heavy atom. The van der Waals surface area contributed by atoms with E-state index in [2.05, 4.69) is 18.8 Å². The zero-order valence-corrected chi connectivity index (χ0v) is 16.5. The first-order valence-corrected chi connectivity index (χ1v) is 9.62. The summed E-state index contributed by atoms with van der Waals surface area (Å²) in [5.74, 6) is -0.470. The highest BCUT2D eigenvalue weighted by Gasteiger charge is 2.36. The number of rotatable bonds is 2. The predicted molar refractivity (Wildman–Crippen MR) is 105 cm³/mol. The average molecular weight is 379 g/mol. The lowest BCUT2D eigenvalue weighted by Gasteiger charge is -2.29. The first-order chi connectivity index (χ1) is 13.2. The van der Waals surface area contributed by atoms with E-state index in [1.165, 1.54) is 0 Å². The Morgan fingerprint density at radius 2 is 1.93 bits per heavy atom. The fourth-order valence-electron chi connectivity index (χ4n) is 4.49. The van der Waals surface area contributed by atoms with Crippen LogP contribution in [0.25, 0.3) is 0 Å². The van der Waals surface area contributed by atoms with E-state index in [1.54, 1.807) is 17.0 Å². The van der Waals surface area contributed by atoms with Gasteiger partial charge in [0.15, 0.2) is 5.78 Å². The average Bonchev–Trinajstić information content (AvgIpc) is 2.95. The monoisotopic (exact) mass is 379 g/mol. The van der Waals surface area contributed by atoms with E-state index in [4.69, 9.17) is 5.73 Å². The maximum Gasteiger partial charge on any atom is 0.270 e. The van der Waals surface area contributed by atoms with E-state index in [9.17, 15) is 14.4 Å². The molecule has 28 heavy (non-hydrogen) atoms. The molecule has 2 heterocycles. The van der Waals surface area contributed by atoms with Crippen LogP contribution in [-0.2, 0) is 19.4 Å². The molecular formula is C22H25N3O3. The molecule has 146 valence electrons. The van der Waals surface area contributed by atoms with Crippen molar-refractivity contribution in [2.75, 3.05) is 6.54 Å². The minimum atomic E-state index is -0.472. The highest BCUT2D eigenvalue weighted by molar-refractivity contribution is 6.04. The Labute approximate surface area is 164 Å². The Balaban J connectivity index is 1.64. The molecule has 0 saturated heterocycles. The number of ketones is 1. The minimum Gasteiger partial charge on any atom is -0.366 e. The van der Waals surface area contributed by atoms with Crippen LogP contribution in [0.2, 0.25) is 0 Å². The first kappa shape index (κ1) is 18.5. The van der Waals surface area contributed by atoms with Crippen LogP contribution in [0.5, 0.6) is 0 Å². The number of carbonyl (C=O) groups excluding carboxylic acids is 3. The third kappa shape index (κ3) is 3.03. The maximum absolute atomic E-state index is 13.2. The van der Waals surface area contributed by atoms with E-state index in [0.717, 1.165) is 35.2 Å². The van der Waals surface area contributed by atoms with Gasteiger partial charge in [-0.3, -0.25) is 14.4 Å². The summed E-state index contributed by atoms with van der Waals surface area (Å²) < 4.78 is 0. The van der Waals surface area contributed by atoms with Crippen LogP contribution < -0.4 is 5.73 Å². The molecule has 0 atom stereocenters. The molecule has 2 amide bonds. The molecule has 0 unspecified atom stereocenters. The molecule has 0 spiro atoms. The van der Waals surface area contributed by atoms with Crippen LogP contribution >= 0.6 is 0 Å². The Hall–Kier alpha value is -2.89. The van der Waals surface area contributed by atoms with Gasteiger partial charge in [-0.2, -0.15) is 0 Å². The number of hydrogen-bond acceptors (Lipinski definition) is 3. The molecule has 2 aliphatic rings. The van der Waals surface area contributed by atoms with Crippen LogP contribution in [0.15, 0.2) is 18.2 Å². The molecule has 0 saturated carbocycles. The molecule has 0 bridgehead atoms. The van der Waals surface area contributed by atoms with Gasteiger partial charge in [0.1, 0.15) is 5.69 Å². The Morgan fingerprint density at radius 1 is 1.18 bits per heavy atom. The molecule has 1 aromatic heterocycles. The van der Waals surface area contributed by atoms with Crippen LogP contribution in [0.3, 0.4) is 0 Å². The first-order valence-electron chi connectivity index (χ1n) is 9.62. The second-order valence-electron chi connectivity index (χ2n) is 8.74. The van der Waals surface area contributed by atoms with Crippen molar-refractivity contribution in [3.05, 3.63) is 57.4 Å². The van der Waals surface area contributed by atoms with Crippen molar-refractivity contribution >= 4 is 17.6 Å². The number of nitrogens with zero attached hydrogens (tertiary/aromatic N) is 1. The molecule has 1 aliphatic carbocycles. The van der Waals surface area contributed by atoms with Crippen molar-refractivity contribution in [1.29, 1.82) is 0 Å². The number of hydrogen-bond donors (Lipinski definition) is 2. The maximum atomic E-state index is 13.2. The largest absolute Gasteiger partial charge is 0.366 e. The fourth-order valence-corrected chi connectivity index (χ4v) is 4.49. The Bertz CT molecular complexity index is 1020. The van der Waals surface area contributed by atoms with E-state index in [0.29, 0.717) is 36.3 Å². The summed E-state index contributed by atoms with van der Waals surface area (Å²) in [6.07, 6.45) is 1.98. The van der Waals surface area contributed by atoms with Crippen molar-refractivity contribution in [3.8, 4) is 0 Å². The van der Waals surface area contributed by atoms with Crippen molar-refractivity contribution in [3.63, 3.8) is 0 Å². The van der Waals surface area contributed by atoms with Gasteiger partial charge in [0.05, 0.1) is 0 Å². The number of Topliss-reactive ketones (excluding diaryl/α,β-unsaturated/α-hetero) is 1. The van der Waals surface area contributed by atoms with Gasteiger partial charge in [0.25, 0.3) is 5.91 Å². The van der Waals surface area contributed by atoms with E-state index < -0.39 is 5.91 Å².